The number of rotatable bonds is 5. The summed E-state index contributed by atoms with van der Waals surface area (Å²) < 4.78 is 0. The Morgan fingerprint density at radius 1 is 1.06 bits per heavy atom. The van der Waals surface area contributed by atoms with E-state index in [1.165, 1.54) is 0 Å². The van der Waals surface area contributed by atoms with Gasteiger partial charge < -0.3 is 14.7 Å². The number of carbonyl (C=O) groups excluding carboxylic acids is 2. The lowest BCUT2D eigenvalue weighted by molar-refractivity contribution is -0.138. The highest BCUT2D eigenvalue weighted by Gasteiger charge is 2.37. The van der Waals surface area contributed by atoms with E-state index in [1.807, 2.05) is 50.5 Å². The predicted octanol–water partition coefficient (Wildman–Crippen LogP) is 3.04. The van der Waals surface area contributed by atoms with Crippen molar-refractivity contribution in [2.45, 2.75) is 19.4 Å². The van der Waals surface area contributed by atoms with Gasteiger partial charge in [-0.2, -0.15) is 0 Å². The van der Waals surface area contributed by atoms with Crippen molar-refractivity contribution in [2.24, 2.45) is 0 Å². The van der Waals surface area contributed by atoms with Crippen molar-refractivity contribution >= 4 is 17.8 Å². The number of carbonyl (C=O) groups is 2. The van der Waals surface area contributed by atoms with Crippen LogP contribution in [0.15, 0.2) is 60.8 Å². The molecule has 2 aromatic carbocycles. The van der Waals surface area contributed by atoms with E-state index in [9.17, 15) is 9.59 Å². The summed E-state index contributed by atoms with van der Waals surface area (Å²) in [5, 5.41) is 0. The van der Waals surface area contributed by atoms with Gasteiger partial charge in [0, 0.05) is 46.9 Å². The number of aromatic nitrogens is 2. The third-order valence-corrected chi connectivity index (χ3v) is 6.09. The molecule has 7 nitrogen and oxygen atoms in total. The van der Waals surface area contributed by atoms with Crippen LogP contribution in [0.3, 0.4) is 0 Å². The molecule has 1 aliphatic heterocycles. The van der Waals surface area contributed by atoms with Crippen LogP contribution in [0.2, 0.25) is 0 Å². The number of nitrogens with zero attached hydrogens (tertiary/aromatic N) is 5. The smallest absolute Gasteiger partial charge is 0.258 e. The molecule has 3 aromatic rings. The van der Waals surface area contributed by atoms with E-state index in [1.54, 1.807) is 34.9 Å². The van der Waals surface area contributed by atoms with Gasteiger partial charge in [-0.3, -0.25) is 9.59 Å². The van der Waals surface area contributed by atoms with Crippen molar-refractivity contribution in [3.05, 3.63) is 77.6 Å². The zero-order chi connectivity index (χ0) is 23.5. The minimum Gasteiger partial charge on any atom is -0.347 e. The minimum atomic E-state index is -0.589. The van der Waals surface area contributed by atoms with Gasteiger partial charge in [-0.05, 0) is 23.6 Å². The Hall–Kier alpha value is -3.74. The summed E-state index contributed by atoms with van der Waals surface area (Å²) in [6.45, 7) is 2.77. The van der Waals surface area contributed by atoms with Gasteiger partial charge >= 0.3 is 0 Å². The first kappa shape index (κ1) is 22.5. The molecule has 0 spiro atoms. The number of hydrogen-bond acceptors (Lipinski definition) is 5. The van der Waals surface area contributed by atoms with Gasteiger partial charge in [-0.1, -0.05) is 54.6 Å². The van der Waals surface area contributed by atoms with Crippen molar-refractivity contribution in [2.75, 3.05) is 39.1 Å². The molecule has 1 aromatic heterocycles. The van der Waals surface area contributed by atoms with Crippen LogP contribution >= 0.6 is 0 Å². The van der Waals surface area contributed by atoms with Gasteiger partial charge in [0.05, 0.1) is 11.3 Å². The van der Waals surface area contributed by atoms with Crippen molar-refractivity contribution in [1.82, 2.24) is 19.8 Å². The van der Waals surface area contributed by atoms with E-state index in [0.29, 0.717) is 36.7 Å². The lowest BCUT2D eigenvalue weighted by Gasteiger charge is -2.39. The molecule has 0 bridgehead atoms. The molecule has 0 N–H and O–H groups in total. The quantitative estimate of drug-likeness (QED) is 0.606. The summed E-state index contributed by atoms with van der Waals surface area (Å²) in [5.74, 6) is 0.286. The number of hydrogen-bond donors (Lipinski definition) is 0. The van der Waals surface area contributed by atoms with Gasteiger partial charge in [-0.25, -0.2) is 9.97 Å². The molecule has 0 saturated carbocycles. The summed E-state index contributed by atoms with van der Waals surface area (Å²) in [5.41, 5.74) is 4.23. The van der Waals surface area contributed by atoms with Crippen molar-refractivity contribution < 1.29 is 9.59 Å². The van der Waals surface area contributed by atoms with Crippen LogP contribution in [0.5, 0.6) is 0 Å². The molecule has 33 heavy (non-hydrogen) atoms. The Morgan fingerprint density at radius 2 is 1.76 bits per heavy atom. The first-order chi connectivity index (χ1) is 15.9. The first-order valence-electron chi connectivity index (χ1n) is 11.1. The van der Waals surface area contributed by atoms with Crippen LogP contribution < -0.4 is 4.90 Å². The highest BCUT2D eigenvalue weighted by molar-refractivity contribution is 5.99. The Balaban J connectivity index is 1.68. The fraction of sp³-hybridized carbons (Fsp3) is 0.308. The Morgan fingerprint density at radius 3 is 2.45 bits per heavy atom. The van der Waals surface area contributed by atoms with Crippen molar-refractivity contribution in [3.8, 4) is 11.1 Å². The molecule has 4 rings (SSSR count). The lowest BCUT2D eigenvalue weighted by atomic mass is 9.93. The topological polar surface area (TPSA) is 69.6 Å². The molecule has 7 heteroatoms. The highest BCUT2D eigenvalue weighted by Crippen LogP contribution is 2.27. The fourth-order valence-electron chi connectivity index (χ4n) is 4.19. The zero-order valence-electron chi connectivity index (χ0n) is 19.5. The molecule has 2 amide bonds. The van der Waals surface area contributed by atoms with E-state index in [0.717, 1.165) is 16.7 Å². The normalized spacial score (nSPS) is 16.1. The lowest BCUT2D eigenvalue weighted by Crippen LogP contribution is -2.58. The molecular formula is C26H29N5O2. The molecule has 170 valence electrons. The van der Waals surface area contributed by atoms with Crippen LogP contribution in [0.25, 0.3) is 11.1 Å². The van der Waals surface area contributed by atoms with Crippen LogP contribution in [-0.4, -0.2) is 71.9 Å². The second-order valence-electron chi connectivity index (χ2n) is 8.56. The second kappa shape index (κ2) is 9.40. The van der Waals surface area contributed by atoms with Crippen LogP contribution in [0.1, 0.15) is 21.6 Å². The molecule has 1 fully saturated rings. The summed E-state index contributed by atoms with van der Waals surface area (Å²) in [4.78, 5) is 40.8. The monoisotopic (exact) mass is 443 g/mol. The van der Waals surface area contributed by atoms with E-state index < -0.39 is 6.04 Å². The molecule has 0 unspecified atom stereocenters. The standard InChI is InChI=1S/C26H29N5O2/c1-18-22(17-27-26(28-18)29(2)3)24(32)31-15-14-30(4)25(33)23(31)16-20-12-8-9-13-21(20)19-10-6-5-7-11-19/h5-13,17,23H,14-16H2,1-4H3/t23-/m0/s1. The SMILES string of the molecule is Cc1nc(N(C)C)ncc1C(=O)N1CCN(C)C(=O)[C@@H]1Cc1ccccc1-c1ccccc1. The van der Waals surface area contributed by atoms with Crippen LogP contribution in [0, 0.1) is 6.92 Å². The molecule has 0 aliphatic carbocycles. The maximum Gasteiger partial charge on any atom is 0.258 e. The molecule has 1 atom stereocenters. The Kier molecular flexibility index (Phi) is 6.40. The molecule has 1 aliphatic rings. The van der Waals surface area contributed by atoms with Crippen LogP contribution in [-0.2, 0) is 11.2 Å². The van der Waals surface area contributed by atoms with E-state index in [-0.39, 0.29) is 11.8 Å². The first-order valence-corrected chi connectivity index (χ1v) is 11.1. The number of anilines is 1. The number of piperazine rings is 1. The minimum absolute atomic E-state index is 0.0547. The maximum absolute atomic E-state index is 13.6. The average Bonchev–Trinajstić information content (AvgIpc) is 2.82. The molecule has 1 saturated heterocycles. The fourth-order valence-corrected chi connectivity index (χ4v) is 4.19. The van der Waals surface area contributed by atoms with Gasteiger partial charge in [-0.15, -0.1) is 0 Å². The second-order valence-corrected chi connectivity index (χ2v) is 8.56. The molecular weight excluding hydrogens is 414 g/mol. The third kappa shape index (κ3) is 4.58. The molecule has 0 radical (unpaired) electrons. The Bertz CT molecular complexity index is 1160. The van der Waals surface area contributed by atoms with Gasteiger partial charge in [0.25, 0.3) is 5.91 Å². The summed E-state index contributed by atoms with van der Waals surface area (Å²) in [7, 11) is 5.51. The maximum atomic E-state index is 13.6. The average molecular weight is 444 g/mol. The number of amides is 2. The van der Waals surface area contributed by atoms with E-state index >= 15 is 0 Å². The number of aryl methyl sites for hydroxylation is 1. The van der Waals surface area contributed by atoms with Crippen molar-refractivity contribution in [3.63, 3.8) is 0 Å². The predicted molar refractivity (Wildman–Crippen MR) is 129 cm³/mol. The van der Waals surface area contributed by atoms with E-state index in [2.05, 4.69) is 28.2 Å². The highest BCUT2D eigenvalue weighted by atomic mass is 16.2. The summed E-state index contributed by atoms with van der Waals surface area (Å²) in [6.07, 6.45) is 2.01. The largest absolute Gasteiger partial charge is 0.347 e. The van der Waals surface area contributed by atoms with Crippen molar-refractivity contribution in [1.29, 1.82) is 0 Å². The van der Waals surface area contributed by atoms with Gasteiger partial charge in [0.1, 0.15) is 6.04 Å². The molecule has 2 heterocycles. The number of benzene rings is 2. The van der Waals surface area contributed by atoms with Crippen LogP contribution in [0.4, 0.5) is 5.95 Å². The summed E-state index contributed by atoms with van der Waals surface area (Å²) in [6, 6.07) is 17.6. The Labute approximate surface area is 194 Å². The number of likely N-dealkylation sites (N-methyl/N-ethyl adjacent to an activating group) is 1. The van der Waals surface area contributed by atoms with E-state index in [4.69, 9.17) is 0 Å². The summed E-state index contributed by atoms with van der Waals surface area (Å²) >= 11 is 0. The third-order valence-electron chi connectivity index (χ3n) is 6.09. The zero-order valence-corrected chi connectivity index (χ0v) is 19.5. The van der Waals surface area contributed by atoms with Gasteiger partial charge in [0.2, 0.25) is 11.9 Å². The van der Waals surface area contributed by atoms with Gasteiger partial charge in [0.15, 0.2) is 0 Å².